The molecule has 0 unspecified atom stereocenters. The smallest absolute Gasteiger partial charge is 0.124 e. The van der Waals surface area contributed by atoms with Crippen LogP contribution < -0.4 is 14.2 Å². The van der Waals surface area contributed by atoms with Gasteiger partial charge in [-0.2, -0.15) is 0 Å². The minimum Gasteiger partial charge on any atom is -0.497 e. The zero-order chi connectivity index (χ0) is 22.5. The quantitative estimate of drug-likeness (QED) is 0.514. The number of halogens is 1. The molecule has 0 spiro atoms. The molecule has 3 aromatic rings. The zero-order valence-electron chi connectivity index (χ0n) is 18.3. The van der Waals surface area contributed by atoms with E-state index in [0.29, 0.717) is 24.7 Å². The molecule has 1 aliphatic heterocycles. The average molecular weight is 454 g/mol. The van der Waals surface area contributed by atoms with Crippen LogP contribution in [0.1, 0.15) is 22.7 Å². The largest absolute Gasteiger partial charge is 0.497 e. The third-order valence-electron chi connectivity index (χ3n) is 5.91. The number of aliphatic hydroxyl groups excluding tert-OH is 1. The highest BCUT2D eigenvalue weighted by Gasteiger charge is 2.35. The lowest BCUT2D eigenvalue weighted by atomic mass is 9.89. The molecule has 2 atom stereocenters. The number of nitrogens with zero attached hydrogens (tertiary/aromatic N) is 1. The average Bonchev–Trinajstić information content (AvgIpc) is 2.83. The minimum absolute atomic E-state index is 0.0261. The molecule has 0 saturated carbocycles. The van der Waals surface area contributed by atoms with Gasteiger partial charge in [0.15, 0.2) is 0 Å². The molecule has 1 heterocycles. The summed E-state index contributed by atoms with van der Waals surface area (Å²) < 4.78 is 16.6. The number of hydrogen-bond acceptors (Lipinski definition) is 5. The molecule has 5 nitrogen and oxygen atoms in total. The molecule has 0 amide bonds. The Morgan fingerprint density at radius 3 is 1.97 bits per heavy atom. The number of fused-ring (bicyclic) bond motifs is 1. The van der Waals surface area contributed by atoms with Crippen LogP contribution in [0.15, 0.2) is 66.7 Å². The number of methoxy groups -OCH3 is 2. The summed E-state index contributed by atoms with van der Waals surface area (Å²) in [4.78, 5) is 2.38. The molecule has 168 valence electrons. The molecule has 0 aromatic heterocycles. The van der Waals surface area contributed by atoms with Crippen molar-refractivity contribution in [1.29, 1.82) is 0 Å². The van der Waals surface area contributed by atoms with E-state index < -0.39 is 0 Å². The number of rotatable bonds is 8. The van der Waals surface area contributed by atoms with Crippen LogP contribution in [0.3, 0.4) is 0 Å². The Kier molecular flexibility index (Phi) is 7.20. The molecule has 0 bridgehead atoms. The van der Waals surface area contributed by atoms with Crippen LogP contribution in [0.5, 0.6) is 17.2 Å². The highest BCUT2D eigenvalue weighted by molar-refractivity contribution is 6.30. The summed E-state index contributed by atoms with van der Waals surface area (Å²) in [5.74, 6) is 2.40. The van der Waals surface area contributed by atoms with Gasteiger partial charge in [-0.3, -0.25) is 4.90 Å². The van der Waals surface area contributed by atoms with Gasteiger partial charge in [0.1, 0.15) is 17.2 Å². The van der Waals surface area contributed by atoms with Crippen LogP contribution >= 0.6 is 11.6 Å². The fourth-order valence-electron chi connectivity index (χ4n) is 4.25. The zero-order valence-corrected chi connectivity index (χ0v) is 19.1. The molecule has 1 aliphatic rings. The number of ether oxygens (including phenoxy) is 3. The van der Waals surface area contributed by atoms with Crippen molar-refractivity contribution in [3.8, 4) is 17.2 Å². The summed E-state index contributed by atoms with van der Waals surface area (Å²) in [5.41, 5.74) is 3.32. The molecule has 0 saturated heterocycles. The summed E-state index contributed by atoms with van der Waals surface area (Å²) in [5, 5.41) is 10.9. The SMILES string of the molecule is COc1ccc(CN(Cc2ccc(OC)cc2)[C@H]2c3cc(Cl)ccc3OC[C@@H]2CO)cc1. The molecule has 6 heteroatoms. The predicted octanol–water partition coefficient (Wildman–Crippen LogP) is 5.10. The Balaban J connectivity index is 1.71. The first kappa shape index (κ1) is 22.5. The molecule has 0 fully saturated rings. The fraction of sp³-hybridized carbons (Fsp3) is 0.308. The van der Waals surface area contributed by atoms with E-state index in [1.807, 2.05) is 42.5 Å². The van der Waals surface area contributed by atoms with Gasteiger partial charge in [-0.05, 0) is 53.6 Å². The molecule has 0 radical (unpaired) electrons. The van der Waals surface area contributed by atoms with Gasteiger partial charge in [-0.25, -0.2) is 0 Å². The summed E-state index contributed by atoms with van der Waals surface area (Å²) in [6.07, 6.45) is 0. The van der Waals surface area contributed by atoms with Crippen LogP contribution in [0, 0.1) is 5.92 Å². The van der Waals surface area contributed by atoms with Gasteiger partial charge in [0.05, 0.1) is 27.4 Å². The number of benzene rings is 3. The van der Waals surface area contributed by atoms with E-state index in [2.05, 4.69) is 29.2 Å². The molecule has 3 aromatic carbocycles. The van der Waals surface area contributed by atoms with E-state index in [-0.39, 0.29) is 18.6 Å². The van der Waals surface area contributed by atoms with Crippen LogP contribution in [0.25, 0.3) is 0 Å². The van der Waals surface area contributed by atoms with Gasteiger partial charge in [0.2, 0.25) is 0 Å². The Labute approximate surface area is 194 Å². The van der Waals surface area contributed by atoms with Crippen LogP contribution in [0.4, 0.5) is 0 Å². The predicted molar refractivity (Wildman–Crippen MR) is 125 cm³/mol. The van der Waals surface area contributed by atoms with Gasteiger partial charge in [-0.1, -0.05) is 35.9 Å². The summed E-state index contributed by atoms with van der Waals surface area (Å²) in [6, 6.07) is 21.8. The first-order valence-corrected chi connectivity index (χ1v) is 11.0. The third kappa shape index (κ3) is 5.01. The highest BCUT2D eigenvalue weighted by atomic mass is 35.5. The molecule has 0 aliphatic carbocycles. The Hall–Kier alpha value is -2.73. The van der Waals surface area contributed by atoms with Gasteiger partial charge >= 0.3 is 0 Å². The van der Waals surface area contributed by atoms with Crippen molar-refractivity contribution in [3.63, 3.8) is 0 Å². The molecular formula is C26H28ClNO4. The standard InChI is InChI=1S/C26H28ClNO4/c1-30-22-8-3-18(4-9-22)14-28(15-19-5-10-23(31-2)11-6-19)26-20(16-29)17-32-25-12-7-21(27)13-24(25)26/h3-13,20,26,29H,14-17H2,1-2H3/t20-,26+/m0/s1. The second kappa shape index (κ2) is 10.3. The molecule has 4 rings (SSSR count). The second-order valence-corrected chi connectivity index (χ2v) is 8.42. The van der Waals surface area contributed by atoms with Crippen molar-refractivity contribution in [2.75, 3.05) is 27.4 Å². The summed E-state index contributed by atoms with van der Waals surface area (Å²) >= 11 is 6.36. The Bertz CT molecular complexity index is 974. The highest BCUT2D eigenvalue weighted by Crippen LogP contribution is 2.42. The van der Waals surface area contributed by atoms with Crippen molar-refractivity contribution in [1.82, 2.24) is 4.90 Å². The Morgan fingerprint density at radius 1 is 0.906 bits per heavy atom. The van der Waals surface area contributed by atoms with Gasteiger partial charge in [-0.15, -0.1) is 0 Å². The van der Waals surface area contributed by atoms with Gasteiger partial charge in [0.25, 0.3) is 0 Å². The maximum atomic E-state index is 10.2. The minimum atomic E-state index is -0.0718. The van der Waals surface area contributed by atoms with Crippen LogP contribution in [-0.2, 0) is 13.1 Å². The summed E-state index contributed by atoms with van der Waals surface area (Å²) in [6.45, 7) is 1.88. The first-order chi connectivity index (χ1) is 15.6. The lowest BCUT2D eigenvalue weighted by Gasteiger charge is -2.40. The number of aliphatic hydroxyl groups is 1. The third-order valence-corrected chi connectivity index (χ3v) is 6.14. The fourth-order valence-corrected chi connectivity index (χ4v) is 4.44. The van der Waals surface area contributed by atoms with Crippen molar-refractivity contribution >= 4 is 11.6 Å². The van der Waals surface area contributed by atoms with Crippen molar-refractivity contribution in [3.05, 3.63) is 88.4 Å². The van der Waals surface area contributed by atoms with Crippen LogP contribution in [0.2, 0.25) is 5.02 Å². The maximum absolute atomic E-state index is 10.2. The van der Waals surface area contributed by atoms with E-state index in [4.69, 9.17) is 25.8 Å². The molecular weight excluding hydrogens is 426 g/mol. The van der Waals surface area contributed by atoms with E-state index in [1.54, 1.807) is 14.2 Å². The normalized spacial score (nSPS) is 17.5. The van der Waals surface area contributed by atoms with Gasteiger partial charge in [0, 0.05) is 35.6 Å². The van der Waals surface area contributed by atoms with Crippen LogP contribution in [-0.4, -0.2) is 37.4 Å². The van der Waals surface area contributed by atoms with Crippen molar-refractivity contribution < 1.29 is 19.3 Å². The lowest BCUT2D eigenvalue weighted by molar-refractivity contribution is 0.0361. The lowest BCUT2D eigenvalue weighted by Crippen LogP contribution is -2.40. The molecule has 32 heavy (non-hydrogen) atoms. The van der Waals surface area contributed by atoms with Crippen molar-refractivity contribution in [2.45, 2.75) is 19.1 Å². The number of hydrogen-bond donors (Lipinski definition) is 1. The topological polar surface area (TPSA) is 51.2 Å². The Morgan fingerprint density at radius 2 is 1.47 bits per heavy atom. The summed E-state index contributed by atoms with van der Waals surface area (Å²) in [7, 11) is 3.33. The van der Waals surface area contributed by atoms with Gasteiger partial charge < -0.3 is 19.3 Å². The monoisotopic (exact) mass is 453 g/mol. The van der Waals surface area contributed by atoms with Crippen molar-refractivity contribution in [2.24, 2.45) is 5.92 Å². The molecule has 1 N–H and O–H groups in total. The maximum Gasteiger partial charge on any atom is 0.124 e. The van der Waals surface area contributed by atoms with E-state index >= 15 is 0 Å². The van der Waals surface area contributed by atoms with E-state index in [9.17, 15) is 5.11 Å². The van der Waals surface area contributed by atoms with E-state index in [0.717, 1.165) is 33.9 Å². The van der Waals surface area contributed by atoms with E-state index in [1.165, 1.54) is 0 Å². The first-order valence-electron chi connectivity index (χ1n) is 10.6. The second-order valence-electron chi connectivity index (χ2n) is 7.98.